The van der Waals surface area contributed by atoms with E-state index < -0.39 is 0 Å². The number of hydrogen-bond donors (Lipinski definition) is 2. The zero-order chi connectivity index (χ0) is 21.3. The maximum Gasteiger partial charge on any atom is 0.257 e. The predicted octanol–water partition coefficient (Wildman–Crippen LogP) is 2.85. The molecule has 1 aromatic heterocycles. The van der Waals surface area contributed by atoms with E-state index in [1.54, 1.807) is 12.1 Å². The van der Waals surface area contributed by atoms with Gasteiger partial charge in [0.15, 0.2) is 5.13 Å². The maximum absolute atomic E-state index is 13.2. The van der Waals surface area contributed by atoms with Crippen LogP contribution in [0.3, 0.4) is 0 Å². The molecule has 4 rings (SSSR count). The van der Waals surface area contributed by atoms with Crippen LogP contribution in [0.2, 0.25) is 0 Å². The van der Waals surface area contributed by atoms with Gasteiger partial charge in [-0.1, -0.05) is 17.7 Å². The predicted molar refractivity (Wildman–Crippen MR) is 115 cm³/mol. The van der Waals surface area contributed by atoms with Gasteiger partial charge in [0.2, 0.25) is 11.8 Å². The van der Waals surface area contributed by atoms with E-state index in [0.717, 1.165) is 35.4 Å². The Bertz CT molecular complexity index is 961. The number of aromatic nitrogens is 1. The van der Waals surface area contributed by atoms with E-state index in [0.29, 0.717) is 36.6 Å². The summed E-state index contributed by atoms with van der Waals surface area (Å²) in [6.45, 7) is 3.09. The highest BCUT2D eigenvalue weighted by Crippen LogP contribution is 2.38. The number of nitrogens with two attached hydrogens (primary N) is 1. The Kier molecular flexibility index (Phi) is 5.85. The number of likely N-dealkylation sites (tertiary alicyclic amines) is 1. The molecule has 3 amide bonds. The monoisotopic (exact) mass is 426 g/mol. The van der Waals surface area contributed by atoms with Crippen molar-refractivity contribution in [2.24, 2.45) is 11.7 Å². The lowest BCUT2D eigenvalue weighted by Gasteiger charge is -2.34. The third kappa shape index (κ3) is 4.23. The molecule has 7 nitrogen and oxygen atoms in total. The van der Waals surface area contributed by atoms with Crippen molar-refractivity contribution in [2.45, 2.75) is 44.9 Å². The number of amides is 3. The number of nitrogens with one attached hydrogen (secondary N) is 1. The molecular weight excluding hydrogens is 400 g/mol. The first kappa shape index (κ1) is 20.5. The number of hydrogen-bond acceptors (Lipinski definition) is 5. The summed E-state index contributed by atoms with van der Waals surface area (Å²) in [6, 6.07) is 7.39. The molecule has 1 unspecified atom stereocenters. The number of primary amides is 1. The fraction of sp³-hybridized carbons (Fsp3) is 0.455. The Hall–Kier alpha value is -2.74. The van der Waals surface area contributed by atoms with Crippen LogP contribution in [0.25, 0.3) is 0 Å². The summed E-state index contributed by atoms with van der Waals surface area (Å²) >= 11 is 1.46. The standard InChI is InChI=1S/C22H26N4O3S/c1-13-5-7-15(8-6-13)20(28)25-22-24-18-16(3-2-4-17(18)30-22)21(29)26-11-9-14(10-12-26)19(23)27/h5-8,14,16H,2-4,9-12H2,1H3,(H2,23,27)(H,24,25,28). The number of nitrogens with zero attached hydrogens (tertiary/aromatic N) is 2. The third-order valence-electron chi connectivity index (χ3n) is 6.00. The molecule has 0 spiro atoms. The van der Waals surface area contributed by atoms with Gasteiger partial charge < -0.3 is 10.6 Å². The normalized spacial score (nSPS) is 19.2. The van der Waals surface area contributed by atoms with Crippen molar-refractivity contribution in [1.82, 2.24) is 9.88 Å². The van der Waals surface area contributed by atoms with Gasteiger partial charge in [0.25, 0.3) is 5.91 Å². The molecule has 0 radical (unpaired) electrons. The Labute approximate surface area is 179 Å². The molecule has 8 heteroatoms. The fourth-order valence-corrected chi connectivity index (χ4v) is 5.25. The molecule has 2 aromatic rings. The van der Waals surface area contributed by atoms with Crippen molar-refractivity contribution in [3.8, 4) is 0 Å². The van der Waals surface area contributed by atoms with Gasteiger partial charge in [0, 0.05) is 29.4 Å². The summed E-state index contributed by atoms with van der Waals surface area (Å²) in [5, 5.41) is 3.42. The van der Waals surface area contributed by atoms with Crippen LogP contribution in [-0.2, 0) is 16.0 Å². The molecule has 0 saturated carbocycles. The van der Waals surface area contributed by atoms with Crippen LogP contribution in [0.4, 0.5) is 5.13 Å². The largest absolute Gasteiger partial charge is 0.369 e. The van der Waals surface area contributed by atoms with Crippen molar-refractivity contribution in [3.05, 3.63) is 46.0 Å². The second-order valence-corrected chi connectivity index (χ2v) is 9.18. The van der Waals surface area contributed by atoms with Gasteiger partial charge in [0.1, 0.15) is 0 Å². The van der Waals surface area contributed by atoms with E-state index in [-0.39, 0.29) is 29.6 Å². The third-order valence-corrected chi connectivity index (χ3v) is 7.04. The van der Waals surface area contributed by atoms with Gasteiger partial charge in [0.05, 0.1) is 11.6 Å². The van der Waals surface area contributed by atoms with Crippen LogP contribution >= 0.6 is 11.3 Å². The van der Waals surface area contributed by atoms with Crippen LogP contribution in [0.1, 0.15) is 58.1 Å². The number of piperidine rings is 1. The van der Waals surface area contributed by atoms with Crippen molar-refractivity contribution in [1.29, 1.82) is 0 Å². The van der Waals surface area contributed by atoms with E-state index in [9.17, 15) is 14.4 Å². The van der Waals surface area contributed by atoms with Gasteiger partial charge >= 0.3 is 0 Å². The van der Waals surface area contributed by atoms with Crippen LogP contribution in [0, 0.1) is 12.8 Å². The highest BCUT2D eigenvalue weighted by atomic mass is 32.1. The zero-order valence-corrected chi connectivity index (χ0v) is 17.8. The van der Waals surface area contributed by atoms with Gasteiger partial charge in [-0.25, -0.2) is 4.98 Å². The summed E-state index contributed by atoms with van der Waals surface area (Å²) in [6.07, 6.45) is 3.80. The molecule has 0 bridgehead atoms. The van der Waals surface area contributed by atoms with Crippen molar-refractivity contribution < 1.29 is 14.4 Å². The van der Waals surface area contributed by atoms with Gasteiger partial charge in [-0.2, -0.15) is 0 Å². The number of carbonyl (C=O) groups is 3. The van der Waals surface area contributed by atoms with E-state index in [1.807, 2.05) is 24.0 Å². The second kappa shape index (κ2) is 8.55. The number of aryl methyl sites for hydroxylation is 2. The fourth-order valence-electron chi connectivity index (χ4n) is 4.19. The topological polar surface area (TPSA) is 105 Å². The van der Waals surface area contributed by atoms with Gasteiger partial charge in [-0.3, -0.25) is 19.7 Å². The lowest BCUT2D eigenvalue weighted by Crippen LogP contribution is -2.44. The van der Waals surface area contributed by atoms with Gasteiger partial charge in [-0.05, 0) is 51.2 Å². The summed E-state index contributed by atoms with van der Waals surface area (Å²) in [5.41, 5.74) is 7.88. The summed E-state index contributed by atoms with van der Waals surface area (Å²) in [7, 11) is 0. The minimum Gasteiger partial charge on any atom is -0.369 e. The highest BCUT2D eigenvalue weighted by molar-refractivity contribution is 7.16. The SMILES string of the molecule is Cc1ccc(C(=O)Nc2nc3c(s2)CCCC3C(=O)N2CCC(C(N)=O)CC2)cc1. The highest BCUT2D eigenvalue weighted by Gasteiger charge is 2.35. The Morgan fingerprint density at radius 3 is 2.50 bits per heavy atom. The number of thiazole rings is 1. The molecule has 2 heterocycles. The molecule has 2 aliphatic rings. The van der Waals surface area contributed by atoms with Crippen LogP contribution in [-0.4, -0.2) is 40.7 Å². The first-order valence-corrected chi connectivity index (χ1v) is 11.2. The Morgan fingerprint density at radius 2 is 1.83 bits per heavy atom. The van der Waals surface area contributed by atoms with E-state index in [4.69, 9.17) is 5.73 Å². The average molecular weight is 427 g/mol. The number of fused-ring (bicyclic) bond motifs is 1. The molecule has 30 heavy (non-hydrogen) atoms. The molecule has 1 aliphatic heterocycles. The molecular formula is C22H26N4O3S. The molecule has 3 N–H and O–H groups in total. The first-order chi connectivity index (χ1) is 14.4. The van der Waals surface area contributed by atoms with E-state index in [2.05, 4.69) is 10.3 Å². The smallest absolute Gasteiger partial charge is 0.257 e. The second-order valence-electron chi connectivity index (χ2n) is 8.09. The minimum atomic E-state index is -0.282. The van der Waals surface area contributed by atoms with Crippen molar-refractivity contribution >= 4 is 34.2 Å². The molecule has 1 saturated heterocycles. The quantitative estimate of drug-likeness (QED) is 0.784. The summed E-state index contributed by atoms with van der Waals surface area (Å²) < 4.78 is 0. The van der Waals surface area contributed by atoms with Crippen LogP contribution in [0.5, 0.6) is 0 Å². The maximum atomic E-state index is 13.2. The van der Waals surface area contributed by atoms with Gasteiger partial charge in [-0.15, -0.1) is 11.3 Å². The number of rotatable bonds is 4. The Balaban J connectivity index is 1.46. The Morgan fingerprint density at radius 1 is 1.13 bits per heavy atom. The molecule has 158 valence electrons. The minimum absolute atomic E-state index is 0.0700. The molecule has 1 fully saturated rings. The van der Waals surface area contributed by atoms with E-state index >= 15 is 0 Å². The van der Waals surface area contributed by atoms with Crippen molar-refractivity contribution in [3.63, 3.8) is 0 Å². The number of carbonyl (C=O) groups excluding carboxylic acids is 3. The molecule has 1 aliphatic carbocycles. The van der Waals surface area contributed by atoms with Crippen LogP contribution in [0.15, 0.2) is 24.3 Å². The lowest BCUT2D eigenvalue weighted by atomic mass is 9.88. The molecule has 1 atom stereocenters. The lowest BCUT2D eigenvalue weighted by molar-refractivity contribution is -0.136. The number of benzene rings is 1. The van der Waals surface area contributed by atoms with Crippen LogP contribution < -0.4 is 11.1 Å². The zero-order valence-electron chi connectivity index (χ0n) is 17.0. The van der Waals surface area contributed by atoms with E-state index in [1.165, 1.54) is 11.3 Å². The molecule has 1 aromatic carbocycles. The average Bonchev–Trinajstić information content (AvgIpc) is 3.16. The number of anilines is 1. The summed E-state index contributed by atoms with van der Waals surface area (Å²) in [5.74, 6) is -0.826. The van der Waals surface area contributed by atoms with Crippen molar-refractivity contribution in [2.75, 3.05) is 18.4 Å². The first-order valence-electron chi connectivity index (χ1n) is 10.4. The summed E-state index contributed by atoms with van der Waals surface area (Å²) in [4.78, 5) is 44.6.